The van der Waals surface area contributed by atoms with Gasteiger partial charge < -0.3 is 14.2 Å². The molecule has 5 rings (SSSR count). The molecule has 0 bridgehead atoms. The van der Waals surface area contributed by atoms with Gasteiger partial charge in [-0.05, 0) is 60.2 Å². The fraction of sp³-hybridized carbons (Fsp3) is 0.241. The number of nitrogens with zero attached hydrogens (tertiary/aromatic N) is 2. The normalized spacial score (nSPS) is 14.4. The zero-order chi connectivity index (χ0) is 24.2. The molecule has 0 unspecified atom stereocenters. The first-order valence-corrected chi connectivity index (χ1v) is 11.8. The highest BCUT2D eigenvalue weighted by atomic mass is 16.5. The lowest BCUT2D eigenvalue weighted by molar-refractivity contribution is 0.306. The van der Waals surface area contributed by atoms with E-state index >= 15 is 0 Å². The Hall–Kier alpha value is -4.06. The summed E-state index contributed by atoms with van der Waals surface area (Å²) in [4.78, 5) is 18.4. The van der Waals surface area contributed by atoms with Crippen LogP contribution in [0.2, 0.25) is 0 Å². The Morgan fingerprint density at radius 3 is 2.54 bits per heavy atom. The first kappa shape index (κ1) is 22.7. The molecule has 6 nitrogen and oxygen atoms in total. The molecule has 0 amide bonds. The highest BCUT2D eigenvalue weighted by molar-refractivity contribution is 5.86. The second-order valence-corrected chi connectivity index (χ2v) is 8.59. The summed E-state index contributed by atoms with van der Waals surface area (Å²) in [7, 11) is 3.15. The highest BCUT2D eigenvalue weighted by Crippen LogP contribution is 2.32. The number of ether oxygens (including phenoxy) is 3. The Bertz CT molecular complexity index is 1440. The molecule has 0 atom stereocenters. The number of allylic oxidation sites excluding steroid dienone is 1. The van der Waals surface area contributed by atoms with Crippen molar-refractivity contribution < 1.29 is 14.2 Å². The van der Waals surface area contributed by atoms with Crippen LogP contribution >= 0.6 is 0 Å². The van der Waals surface area contributed by atoms with Gasteiger partial charge in [-0.1, -0.05) is 42.5 Å². The molecule has 4 aromatic rings. The second-order valence-electron chi connectivity index (χ2n) is 8.59. The van der Waals surface area contributed by atoms with Crippen molar-refractivity contribution >= 4 is 22.6 Å². The van der Waals surface area contributed by atoms with Crippen molar-refractivity contribution in [3.05, 3.63) is 94.0 Å². The van der Waals surface area contributed by atoms with Crippen LogP contribution in [-0.4, -0.2) is 23.8 Å². The van der Waals surface area contributed by atoms with E-state index in [9.17, 15) is 4.79 Å². The lowest BCUT2D eigenvalue weighted by atomic mass is 10.0. The van der Waals surface area contributed by atoms with Crippen molar-refractivity contribution in [2.24, 2.45) is 0 Å². The van der Waals surface area contributed by atoms with Gasteiger partial charge >= 0.3 is 0 Å². The number of rotatable bonds is 6. The van der Waals surface area contributed by atoms with Crippen molar-refractivity contribution in [1.82, 2.24) is 9.55 Å². The van der Waals surface area contributed by atoms with E-state index in [1.54, 1.807) is 30.9 Å². The summed E-state index contributed by atoms with van der Waals surface area (Å²) in [5.74, 6) is 2.59. The fourth-order valence-electron chi connectivity index (χ4n) is 4.47. The molecule has 0 radical (unpaired) electrons. The van der Waals surface area contributed by atoms with Crippen LogP contribution in [0.3, 0.4) is 0 Å². The van der Waals surface area contributed by atoms with E-state index in [0.29, 0.717) is 41.4 Å². The number of methoxy groups -OCH3 is 2. The molecule has 0 fully saturated rings. The van der Waals surface area contributed by atoms with Gasteiger partial charge in [-0.2, -0.15) is 0 Å². The smallest absolute Gasteiger partial charge is 0.261 e. The predicted octanol–water partition coefficient (Wildman–Crippen LogP) is 5.72. The van der Waals surface area contributed by atoms with E-state index in [1.807, 2.05) is 54.6 Å². The van der Waals surface area contributed by atoms with Crippen molar-refractivity contribution in [2.75, 3.05) is 14.2 Å². The molecule has 0 N–H and O–H groups in total. The summed E-state index contributed by atoms with van der Waals surface area (Å²) in [6, 6.07) is 21.6. The van der Waals surface area contributed by atoms with Crippen LogP contribution in [0.25, 0.3) is 22.6 Å². The summed E-state index contributed by atoms with van der Waals surface area (Å²) in [6.45, 7) is 1.15. The van der Waals surface area contributed by atoms with Crippen LogP contribution in [0.1, 0.15) is 36.2 Å². The van der Waals surface area contributed by atoms with Gasteiger partial charge in [0.15, 0.2) is 11.5 Å². The largest absolute Gasteiger partial charge is 0.493 e. The molecule has 178 valence electrons. The summed E-state index contributed by atoms with van der Waals surface area (Å²) in [6.07, 6.45) is 4.87. The van der Waals surface area contributed by atoms with Gasteiger partial charge in [0.2, 0.25) is 0 Å². The third-order valence-corrected chi connectivity index (χ3v) is 6.27. The number of hydrogen-bond donors (Lipinski definition) is 0. The molecule has 1 aromatic heterocycles. The molecule has 6 heteroatoms. The van der Waals surface area contributed by atoms with Gasteiger partial charge in [-0.3, -0.25) is 9.36 Å². The minimum Gasteiger partial charge on any atom is -0.493 e. The molecule has 35 heavy (non-hydrogen) atoms. The molecule has 0 saturated carbocycles. The van der Waals surface area contributed by atoms with E-state index < -0.39 is 0 Å². The zero-order valence-electron chi connectivity index (χ0n) is 20.0. The van der Waals surface area contributed by atoms with E-state index in [4.69, 9.17) is 19.2 Å². The van der Waals surface area contributed by atoms with Crippen molar-refractivity contribution in [1.29, 1.82) is 0 Å². The summed E-state index contributed by atoms with van der Waals surface area (Å²) >= 11 is 0. The molecule has 2 heterocycles. The van der Waals surface area contributed by atoms with Gasteiger partial charge in [0.25, 0.3) is 5.56 Å². The number of aromatic nitrogens is 2. The number of fused-ring (bicyclic) bond motifs is 2. The molecular formula is C29H28N2O4. The van der Waals surface area contributed by atoms with E-state index in [0.717, 1.165) is 41.7 Å². The minimum atomic E-state index is -0.0568. The predicted molar refractivity (Wildman–Crippen MR) is 138 cm³/mol. The lowest BCUT2D eigenvalue weighted by Gasteiger charge is -2.14. The standard InChI is InChI=1S/C29H28N2O4/c1-33-26-17-24-25(18-27(26)34-2)30-28-22(12-6-7-14-31(28)29(24)32)15-21-11-8-13-23(16-21)35-19-20-9-4-3-5-10-20/h3-5,8-11,13,15-18H,6-7,12,14,19H2,1-2H3. The Labute approximate surface area is 204 Å². The third kappa shape index (κ3) is 4.78. The van der Waals surface area contributed by atoms with Crippen LogP contribution in [0, 0.1) is 0 Å². The van der Waals surface area contributed by atoms with E-state index in [1.165, 1.54) is 0 Å². The SMILES string of the molecule is COc1cc2nc3n(c(=O)c2cc1OC)CCCCC3=Cc1cccc(OCc2ccccc2)c1. The third-order valence-electron chi connectivity index (χ3n) is 6.27. The van der Waals surface area contributed by atoms with Crippen molar-refractivity contribution in [2.45, 2.75) is 32.4 Å². The first-order valence-electron chi connectivity index (χ1n) is 11.8. The van der Waals surface area contributed by atoms with E-state index in [-0.39, 0.29) is 5.56 Å². The lowest BCUT2D eigenvalue weighted by Crippen LogP contribution is -2.24. The molecule has 1 aliphatic heterocycles. The van der Waals surface area contributed by atoms with Gasteiger partial charge in [0.1, 0.15) is 18.2 Å². The Kier molecular flexibility index (Phi) is 6.53. The van der Waals surface area contributed by atoms with Crippen molar-refractivity contribution in [3.63, 3.8) is 0 Å². The molecule has 0 aliphatic carbocycles. The zero-order valence-corrected chi connectivity index (χ0v) is 20.0. The Balaban J connectivity index is 1.53. The van der Waals surface area contributed by atoms with Crippen LogP contribution in [0.4, 0.5) is 0 Å². The topological polar surface area (TPSA) is 62.6 Å². The quantitative estimate of drug-likeness (QED) is 0.362. The van der Waals surface area contributed by atoms with E-state index in [2.05, 4.69) is 6.08 Å². The average molecular weight is 469 g/mol. The van der Waals surface area contributed by atoms with Gasteiger partial charge in [-0.15, -0.1) is 0 Å². The monoisotopic (exact) mass is 468 g/mol. The molecule has 0 saturated heterocycles. The summed E-state index contributed by atoms with van der Waals surface area (Å²) < 4.78 is 18.7. The number of hydrogen-bond acceptors (Lipinski definition) is 5. The Morgan fingerprint density at radius 1 is 0.943 bits per heavy atom. The highest BCUT2D eigenvalue weighted by Gasteiger charge is 2.19. The van der Waals surface area contributed by atoms with Gasteiger partial charge in [-0.25, -0.2) is 4.98 Å². The molecule has 1 aliphatic rings. The maximum absolute atomic E-state index is 13.4. The second kappa shape index (κ2) is 10.1. The number of benzene rings is 3. The van der Waals surface area contributed by atoms with Crippen LogP contribution in [-0.2, 0) is 13.2 Å². The van der Waals surface area contributed by atoms with Crippen LogP contribution in [0.15, 0.2) is 71.5 Å². The minimum absolute atomic E-state index is 0.0568. The summed E-state index contributed by atoms with van der Waals surface area (Å²) in [5, 5.41) is 0.531. The Morgan fingerprint density at radius 2 is 1.74 bits per heavy atom. The van der Waals surface area contributed by atoms with Crippen LogP contribution in [0.5, 0.6) is 17.2 Å². The molecule has 0 spiro atoms. The average Bonchev–Trinajstić information content (AvgIpc) is 3.10. The van der Waals surface area contributed by atoms with Crippen LogP contribution < -0.4 is 19.8 Å². The van der Waals surface area contributed by atoms with Gasteiger partial charge in [0.05, 0.1) is 25.1 Å². The van der Waals surface area contributed by atoms with Crippen molar-refractivity contribution in [3.8, 4) is 17.2 Å². The summed E-state index contributed by atoms with van der Waals surface area (Å²) in [5.41, 5.74) is 3.72. The first-order chi connectivity index (χ1) is 17.2. The fourth-order valence-corrected chi connectivity index (χ4v) is 4.47. The molecule has 3 aromatic carbocycles. The maximum Gasteiger partial charge on any atom is 0.261 e. The molecular weight excluding hydrogens is 440 g/mol. The van der Waals surface area contributed by atoms with Gasteiger partial charge in [0, 0.05) is 12.6 Å². The maximum atomic E-state index is 13.4.